The van der Waals surface area contributed by atoms with Crippen molar-refractivity contribution in [3.63, 3.8) is 0 Å². The summed E-state index contributed by atoms with van der Waals surface area (Å²) in [5.41, 5.74) is -3.07. The fraction of sp³-hybridized carbons (Fsp3) is 0. The third-order valence-electron chi connectivity index (χ3n) is 2.79. The van der Waals surface area contributed by atoms with E-state index in [-0.39, 0.29) is 11.3 Å². The van der Waals surface area contributed by atoms with Gasteiger partial charge in [-0.15, -0.1) is 0 Å². The second kappa shape index (κ2) is 8.00. The molecule has 0 bridgehead atoms. The number of nitro benzene ring substituents is 3. The number of aromatic carboxylic acids is 1. The van der Waals surface area contributed by atoms with Crippen LogP contribution in [-0.2, 0) is 0 Å². The summed E-state index contributed by atoms with van der Waals surface area (Å²) in [4.78, 5) is 38.0. The van der Waals surface area contributed by atoms with E-state index in [1.165, 1.54) is 12.1 Å². The molecule has 0 aliphatic carbocycles. The normalized spacial score (nSPS) is 9.54. The lowest BCUT2D eigenvalue weighted by Crippen LogP contribution is -1.97. The molecule has 136 valence electrons. The molecule has 0 aliphatic heterocycles. The van der Waals surface area contributed by atoms with Crippen LogP contribution in [0.15, 0.2) is 36.4 Å². The summed E-state index contributed by atoms with van der Waals surface area (Å²) in [5.74, 6) is -2.52. The molecule has 0 aromatic heterocycles. The first-order chi connectivity index (χ1) is 12.1. The standard InChI is InChI=1S/C7H6O3.C6H3N3O7/c8-6-4-2-1-3-5(6)7(9)10;10-6-4(8(13)14)1-3(7(11)12)2-5(6)9(15)16/h1-4,8H,(H,9,10);1-2,10H. The van der Waals surface area contributed by atoms with Gasteiger partial charge in [0.1, 0.15) is 11.3 Å². The van der Waals surface area contributed by atoms with Crippen LogP contribution < -0.4 is 0 Å². The molecular weight excluding hydrogens is 358 g/mol. The zero-order valence-electron chi connectivity index (χ0n) is 12.5. The molecule has 0 unspecified atom stereocenters. The molecule has 2 aromatic carbocycles. The lowest BCUT2D eigenvalue weighted by molar-refractivity contribution is -0.404. The first-order valence-electron chi connectivity index (χ1n) is 6.37. The van der Waals surface area contributed by atoms with Gasteiger partial charge in [0.25, 0.3) is 11.4 Å². The van der Waals surface area contributed by atoms with Crippen LogP contribution in [0.1, 0.15) is 10.4 Å². The van der Waals surface area contributed by atoms with E-state index >= 15 is 0 Å². The average molecular weight is 367 g/mol. The fourth-order valence-corrected chi connectivity index (χ4v) is 1.63. The summed E-state index contributed by atoms with van der Waals surface area (Å²) < 4.78 is 0. The molecule has 0 saturated carbocycles. The van der Waals surface area contributed by atoms with Gasteiger partial charge in [-0.05, 0) is 12.1 Å². The molecule has 0 atom stereocenters. The van der Waals surface area contributed by atoms with Crippen LogP contribution in [-0.4, -0.2) is 36.1 Å². The van der Waals surface area contributed by atoms with Gasteiger partial charge in [-0.3, -0.25) is 30.3 Å². The molecule has 0 aliphatic rings. The van der Waals surface area contributed by atoms with Gasteiger partial charge in [-0.1, -0.05) is 12.1 Å². The van der Waals surface area contributed by atoms with Crippen LogP contribution in [0.5, 0.6) is 11.5 Å². The maximum atomic E-state index is 10.4. The van der Waals surface area contributed by atoms with E-state index in [2.05, 4.69) is 0 Å². The fourth-order valence-electron chi connectivity index (χ4n) is 1.63. The van der Waals surface area contributed by atoms with Gasteiger partial charge in [0, 0.05) is 0 Å². The number of carboxylic acid groups (broad SMARTS) is 1. The molecular formula is C13H9N3O10. The molecule has 0 heterocycles. The van der Waals surface area contributed by atoms with Crippen LogP contribution >= 0.6 is 0 Å². The Labute approximate surface area is 142 Å². The maximum Gasteiger partial charge on any atom is 0.339 e. The van der Waals surface area contributed by atoms with Crippen molar-refractivity contribution in [3.8, 4) is 11.5 Å². The number of para-hydroxylation sites is 1. The van der Waals surface area contributed by atoms with Crippen molar-refractivity contribution in [1.82, 2.24) is 0 Å². The molecule has 26 heavy (non-hydrogen) atoms. The van der Waals surface area contributed by atoms with Gasteiger partial charge in [0.15, 0.2) is 0 Å². The predicted octanol–water partition coefficient (Wildman–Crippen LogP) is 2.21. The van der Waals surface area contributed by atoms with E-state index in [1.54, 1.807) is 12.1 Å². The summed E-state index contributed by atoms with van der Waals surface area (Å²) in [7, 11) is 0. The van der Waals surface area contributed by atoms with E-state index < -0.39 is 43.6 Å². The number of nitro groups is 3. The number of hydrogen-bond acceptors (Lipinski definition) is 9. The highest BCUT2D eigenvalue weighted by Crippen LogP contribution is 2.38. The smallest absolute Gasteiger partial charge is 0.339 e. The summed E-state index contributed by atoms with van der Waals surface area (Å²) in [6, 6.07) is 6.71. The topological polar surface area (TPSA) is 207 Å². The molecule has 13 nitrogen and oxygen atoms in total. The summed E-state index contributed by atoms with van der Waals surface area (Å²) >= 11 is 0. The zero-order valence-corrected chi connectivity index (χ0v) is 12.5. The molecule has 2 aromatic rings. The quantitative estimate of drug-likeness (QED) is 0.530. The highest BCUT2D eigenvalue weighted by atomic mass is 16.6. The van der Waals surface area contributed by atoms with Gasteiger partial charge in [0.05, 0.1) is 26.9 Å². The molecule has 0 fully saturated rings. The Kier molecular flexibility index (Phi) is 6.08. The SMILES string of the molecule is O=C(O)c1ccccc1O.O=[N+]([O-])c1cc([N+](=O)[O-])c(O)c([N+](=O)[O-])c1. The average Bonchev–Trinajstić information content (AvgIpc) is 2.55. The Morgan fingerprint density at radius 1 is 0.846 bits per heavy atom. The van der Waals surface area contributed by atoms with Crippen molar-refractivity contribution in [3.05, 3.63) is 72.3 Å². The number of nitrogens with zero attached hydrogens (tertiary/aromatic N) is 3. The van der Waals surface area contributed by atoms with E-state index in [4.69, 9.17) is 15.3 Å². The Balaban J connectivity index is 0.000000289. The molecule has 0 spiro atoms. The lowest BCUT2D eigenvalue weighted by Gasteiger charge is -1.97. The van der Waals surface area contributed by atoms with E-state index in [9.17, 15) is 35.1 Å². The molecule has 2 rings (SSSR count). The van der Waals surface area contributed by atoms with Gasteiger partial charge >= 0.3 is 17.3 Å². The van der Waals surface area contributed by atoms with Crippen molar-refractivity contribution in [2.75, 3.05) is 0 Å². The molecule has 3 N–H and O–H groups in total. The van der Waals surface area contributed by atoms with Gasteiger partial charge in [-0.2, -0.15) is 0 Å². The Morgan fingerprint density at radius 2 is 1.31 bits per heavy atom. The maximum absolute atomic E-state index is 10.4. The van der Waals surface area contributed by atoms with Crippen molar-refractivity contribution in [2.45, 2.75) is 0 Å². The van der Waals surface area contributed by atoms with E-state index in [0.29, 0.717) is 12.1 Å². The predicted molar refractivity (Wildman–Crippen MR) is 83.1 cm³/mol. The molecule has 0 saturated heterocycles. The van der Waals surface area contributed by atoms with Crippen LogP contribution in [0, 0.1) is 30.3 Å². The van der Waals surface area contributed by atoms with E-state index in [0.717, 1.165) is 0 Å². The minimum atomic E-state index is -1.21. The molecule has 0 radical (unpaired) electrons. The van der Waals surface area contributed by atoms with Crippen molar-refractivity contribution >= 4 is 23.0 Å². The highest BCUT2D eigenvalue weighted by Gasteiger charge is 2.30. The number of aromatic hydroxyl groups is 2. The summed E-state index contributed by atoms with van der Waals surface area (Å²) in [5, 5.41) is 57.5. The lowest BCUT2D eigenvalue weighted by atomic mass is 10.2. The number of rotatable bonds is 4. The monoisotopic (exact) mass is 367 g/mol. The Bertz CT molecular complexity index is 860. The first kappa shape index (κ1) is 19.8. The number of hydrogen-bond donors (Lipinski definition) is 3. The number of phenolic OH excluding ortho intramolecular Hbond substituents is 1. The van der Waals surface area contributed by atoms with Crippen LogP contribution in [0.25, 0.3) is 0 Å². The zero-order chi connectivity index (χ0) is 20.0. The third kappa shape index (κ3) is 4.60. The summed E-state index contributed by atoms with van der Waals surface area (Å²) in [6.45, 7) is 0. The summed E-state index contributed by atoms with van der Waals surface area (Å²) in [6.07, 6.45) is 0. The van der Waals surface area contributed by atoms with Crippen LogP contribution in [0.2, 0.25) is 0 Å². The molecule has 0 amide bonds. The third-order valence-corrected chi connectivity index (χ3v) is 2.79. The molecule has 13 heteroatoms. The first-order valence-corrected chi connectivity index (χ1v) is 6.37. The second-order valence-corrected chi connectivity index (χ2v) is 4.43. The van der Waals surface area contributed by atoms with Crippen molar-refractivity contribution < 1.29 is 34.9 Å². The largest absolute Gasteiger partial charge is 0.507 e. The number of non-ortho nitro benzene ring substituents is 1. The van der Waals surface area contributed by atoms with E-state index in [1.807, 2.05) is 0 Å². The second-order valence-electron chi connectivity index (χ2n) is 4.43. The van der Waals surface area contributed by atoms with Crippen molar-refractivity contribution in [2.24, 2.45) is 0 Å². The van der Waals surface area contributed by atoms with Crippen LogP contribution in [0.3, 0.4) is 0 Å². The number of carboxylic acids is 1. The number of carbonyl (C=O) groups is 1. The Morgan fingerprint density at radius 3 is 1.62 bits per heavy atom. The van der Waals surface area contributed by atoms with Crippen LogP contribution in [0.4, 0.5) is 17.1 Å². The number of benzene rings is 2. The van der Waals surface area contributed by atoms with Gasteiger partial charge in [-0.25, -0.2) is 4.79 Å². The van der Waals surface area contributed by atoms with Crippen molar-refractivity contribution in [1.29, 1.82) is 0 Å². The Hall–Kier alpha value is -4.29. The minimum Gasteiger partial charge on any atom is -0.507 e. The van der Waals surface area contributed by atoms with Gasteiger partial charge in [0.2, 0.25) is 0 Å². The van der Waals surface area contributed by atoms with Gasteiger partial charge < -0.3 is 15.3 Å². The minimum absolute atomic E-state index is 0.0671. The highest BCUT2D eigenvalue weighted by molar-refractivity contribution is 5.90. The number of phenols is 2.